The number of ketones is 1. The SMILES string of the molecule is CC1(C)OC(C)(C)C2C(=O)c3ccc4[nH]c5c(c4c3CC21)CC1CC[C@]2(O)C(C)(CC[C@@H]3O[C@H](C(C)(C)O)C[C@H]4O[C@@]342)[C@@]51C. The van der Waals surface area contributed by atoms with Crippen molar-refractivity contribution in [1.29, 1.82) is 0 Å². The Balaban J connectivity index is 1.16. The van der Waals surface area contributed by atoms with Gasteiger partial charge in [-0.2, -0.15) is 0 Å². The summed E-state index contributed by atoms with van der Waals surface area (Å²) in [6.07, 6.45) is 5.03. The van der Waals surface area contributed by atoms with Gasteiger partial charge in [-0.05, 0) is 109 Å². The van der Waals surface area contributed by atoms with Crippen LogP contribution < -0.4 is 0 Å². The number of carbonyl (C=O) groups excluding carboxylic acids is 1. The monoisotopic (exact) mass is 603 g/mol. The van der Waals surface area contributed by atoms with Crippen LogP contribution >= 0.6 is 0 Å². The molecule has 2 aromatic rings. The number of epoxide rings is 1. The first-order chi connectivity index (χ1) is 20.4. The number of H-pyrrole nitrogens is 1. The van der Waals surface area contributed by atoms with Crippen LogP contribution in [0.3, 0.4) is 0 Å². The minimum atomic E-state index is -1.04. The summed E-state index contributed by atoms with van der Waals surface area (Å²) < 4.78 is 19.7. The minimum absolute atomic E-state index is 0.0988. The van der Waals surface area contributed by atoms with Crippen LogP contribution in [0.4, 0.5) is 0 Å². The third-order valence-electron chi connectivity index (χ3n) is 14.8. The normalized spacial score (nSPS) is 47.6. The number of ether oxygens (including phenoxy) is 3. The second-order valence-electron chi connectivity index (χ2n) is 17.7. The minimum Gasteiger partial charge on any atom is -0.388 e. The standard InChI is InChI=1S/C37H49NO6/c1-31(2,40)25-17-26-37(43-26)24(42-25)12-13-34(7)35(8)18(11-14-36(34,37)41)15-21-27-20-16-22-28(33(5,6)44-32(22,3)4)29(39)19(20)9-10-23(27)38-30(21)35/h9-10,18,22,24-26,28,38,40-41H,11-17H2,1-8H3/t18?,22?,24-,25-,26+,28?,34?,35+,36-,37-/m0/s1. The maximum Gasteiger partial charge on any atom is 0.169 e. The number of aromatic nitrogens is 1. The van der Waals surface area contributed by atoms with Crippen LogP contribution in [0.5, 0.6) is 0 Å². The number of hydrogen-bond donors (Lipinski definition) is 3. The predicted octanol–water partition coefficient (Wildman–Crippen LogP) is 5.55. The van der Waals surface area contributed by atoms with Gasteiger partial charge in [-0.1, -0.05) is 13.8 Å². The zero-order chi connectivity index (χ0) is 31.2. The largest absolute Gasteiger partial charge is 0.388 e. The Morgan fingerprint density at radius 2 is 1.70 bits per heavy atom. The maximum atomic E-state index is 14.2. The van der Waals surface area contributed by atoms with Gasteiger partial charge in [0.25, 0.3) is 0 Å². The Morgan fingerprint density at radius 1 is 0.955 bits per heavy atom. The van der Waals surface area contributed by atoms with E-state index in [1.165, 1.54) is 22.2 Å². The van der Waals surface area contributed by atoms with Crippen LogP contribution in [0.2, 0.25) is 0 Å². The zero-order valence-electron chi connectivity index (χ0n) is 27.6. The van der Waals surface area contributed by atoms with Crippen LogP contribution in [0.25, 0.3) is 10.9 Å². The molecule has 3 saturated heterocycles. The van der Waals surface area contributed by atoms with Gasteiger partial charge < -0.3 is 29.4 Å². The van der Waals surface area contributed by atoms with E-state index in [1.54, 1.807) is 0 Å². The molecule has 7 aliphatic rings. The third-order valence-corrected chi connectivity index (χ3v) is 14.8. The molecule has 10 atom stereocenters. The summed E-state index contributed by atoms with van der Waals surface area (Å²) in [5.41, 5.74) is 1.47. The molecule has 0 radical (unpaired) electrons. The number of fused-ring (bicyclic) bond motifs is 10. The first kappa shape index (κ1) is 28.5. The Hall–Kier alpha value is -1.77. The number of benzene rings is 1. The number of Topliss-reactive ketones (excluding diaryl/α,β-unsaturated/α-hetero) is 1. The zero-order valence-corrected chi connectivity index (χ0v) is 27.6. The van der Waals surface area contributed by atoms with E-state index >= 15 is 0 Å². The van der Waals surface area contributed by atoms with E-state index in [0.717, 1.165) is 43.2 Å². The Labute approximate surface area is 260 Å². The number of aromatic amines is 1. The van der Waals surface area contributed by atoms with Gasteiger partial charge in [0.1, 0.15) is 11.2 Å². The molecule has 1 aromatic carbocycles. The van der Waals surface area contributed by atoms with Crippen molar-refractivity contribution in [2.45, 2.75) is 152 Å². The number of carbonyl (C=O) groups is 1. The second kappa shape index (κ2) is 7.84. The fourth-order valence-corrected chi connectivity index (χ4v) is 12.5. The molecular formula is C37H49NO6. The number of nitrogens with one attached hydrogen (secondary N) is 1. The molecule has 9 rings (SSSR count). The van der Waals surface area contributed by atoms with E-state index in [0.29, 0.717) is 18.8 Å². The van der Waals surface area contributed by atoms with Gasteiger partial charge in [0, 0.05) is 45.3 Å². The molecule has 3 aliphatic heterocycles. The molecule has 44 heavy (non-hydrogen) atoms. The highest BCUT2D eigenvalue weighted by Crippen LogP contribution is 2.75. The van der Waals surface area contributed by atoms with Crippen molar-refractivity contribution in [1.82, 2.24) is 4.98 Å². The van der Waals surface area contributed by atoms with Crippen molar-refractivity contribution in [3.8, 4) is 0 Å². The van der Waals surface area contributed by atoms with Gasteiger partial charge in [-0.25, -0.2) is 0 Å². The molecule has 0 bridgehead atoms. The second-order valence-corrected chi connectivity index (χ2v) is 17.7. The molecule has 238 valence electrons. The summed E-state index contributed by atoms with van der Waals surface area (Å²) >= 11 is 0. The molecule has 1 spiro atoms. The Bertz CT molecular complexity index is 1650. The molecular weight excluding hydrogens is 554 g/mol. The maximum absolute atomic E-state index is 14.2. The van der Waals surface area contributed by atoms with Crippen molar-refractivity contribution in [3.05, 3.63) is 34.5 Å². The molecule has 4 aliphatic carbocycles. The predicted molar refractivity (Wildman–Crippen MR) is 166 cm³/mol. The molecule has 7 heteroatoms. The summed E-state index contributed by atoms with van der Waals surface area (Å²) in [6, 6.07) is 4.17. The number of rotatable bonds is 1. The van der Waals surface area contributed by atoms with Crippen LogP contribution in [0.15, 0.2) is 12.1 Å². The Morgan fingerprint density at radius 3 is 2.43 bits per heavy atom. The summed E-state index contributed by atoms with van der Waals surface area (Å²) in [5.74, 6) is 0.610. The average Bonchev–Trinajstić information content (AvgIpc) is 3.39. The lowest BCUT2D eigenvalue weighted by Gasteiger charge is -2.66. The summed E-state index contributed by atoms with van der Waals surface area (Å²) in [4.78, 5) is 18.1. The highest BCUT2D eigenvalue weighted by atomic mass is 16.7. The lowest BCUT2D eigenvalue weighted by molar-refractivity contribution is -0.270. The number of aliphatic hydroxyl groups is 2. The van der Waals surface area contributed by atoms with Gasteiger partial charge in [0.2, 0.25) is 0 Å². The van der Waals surface area contributed by atoms with E-state index in [9.17, 15) is 15.0 Å². The lowest BCUT2D eigenvalue weighted by Crippen LogP contribution is -2.75. The van der Waals surface area contributed by atoms with Crippen molar-refractivity contribution in [2.75, 3.05) is 0 Å². The van der Waals surface area contributed by atoms with Gasteiger partial charge in [0.15, 0.2) is 5.78 Å². The first-order valence-corrected chi connectivity index (χ1v) is 17.1. The van der Waals surface area contributed by atoms with E-state index in [2.05, 4.69) is 52.6 Å². The van der Waals surface area contributed by atoms with Gasteiger partial charge in [-0.3, -0.25) is 4.79 Å². The molecule has 4 heterocycles. The average molecular weight is 604 g/mol. The first-order valence-electron chi connectivity index (χ1n) is 17.1. The highest BCUT2D eigenvalue weighted by molar-refractivity contribution is 6.06. The molecule has 0 amide bonds. The quantitative estimate of drug-likeness (QED) is 0.370. The molecule has 2 saturated carbocycles. The van der Waals surface area contributed by atoms with E-state index in [-0.39, 0.29) is 46.9 Å². The van der Waals surface area contributed by atoms with E-state index in [1.807, 2.05) is 19.9 Å². The van der Waals surface area contributed by atoms with Crippen molar-refractivity contribution in [3.63, 3.8) is 0 Å². The lowest BCUT2D eigenvalue weighted by atomic mass is 9.40. The molecule has 4 unspecified atom stereocenters. The Kier molecular flexibility index (Phi) is 5.07. The third kappa shape index (κ3) is 2.94. The van der Waals surface area contributed by atoms with E-state index < -0.39 is 27.8 Å². The molecule has 7 nitrogen and oxygen atoms in total. The highest BCUT2D eigenvalue weighted by Gasteiger charge is 2.84. The van der Waals surface area contributed by atoms with Crippen molar-refractivity contribution < 1.29 is 29.2 Å². The van der Waals surface area contributed by atoms with Crippen LogP contribution in [-0.2, 0) is 32.5 Å². The summed E-state index contributed by atoms with van der Waals surface area (Å²) in [5, 5.41) is 25.1. The fraction of sp³-hybridized carbons (Fsp3) is 0.757. The fourth-order valence-electron chi connectivity index (χ4n) is 12.5. The van der Waals surface area contributed by atoms with Gasteiger partial charge in [-0.15, -0.1) is 0 Å². The van der Waals surface area contributed by atoms with E-state index in [4.69, 9.17) is 14.2 Å². The summed E-state index contributed by atoms with van der Waals surface area (Å²) in [7, 11) is 0. The number of hydrogen-bond acceptors (Lipinski definition) is 6. The van der Waals surface area contributed by atoms with Crippen molar-refractivity contribution >= 4 is 16.7 Å². The van der Waals surface area contributed by atoms with Crippen molar-refractivity contribution in [2.24, 2.45) is 23.2 Å². The summed E-state index contributed by atoms with van der Waals surface area (Å²) in [6.45, 7) is 16.8. The van der Waals surface area contributed by atoms with Crippen LogP contribution in [0, 0.1) is 23.2 Å². The molecule has 5 fully saturated rings. The molecule has 1 aromatic heterocycles. The molecule has 3 N–H and O–H groups in total. The smallest absolute Gasteiger partial charge is 0.169 e. The topological polar surface area (TPSA) is 104 Å². The van der Waals surface area contributed by atoms with Gasteiger partial charge in [0.05, 0.1) is 41.0 Å². The van der Waals surface area contributed by atoms with Gasteiger partial charge >= 0.3 is 0 Å². The van der Waals surface area contributed by atoms with Crippen LogP contribution in [0.1, 0.15) is 115 Å². The van der Waals surface area contributed by atoms with Crippen LogP contribution in [-0.4, -0.2) is 67.3 Å².